The first-order valence-corrected chi connectivity index (χ1v) is 11.3. The van der Waals surface area contributed by atoms with Gasteiger partial charge in [-0.25, -0.2) is 4.57 Å². The summed E-state index contributed by atoms with van der Waals surface area (Å²) in [6.07, 6.45) is 0.115. The molecule has 0 heterocycles. The van der Waals surface area contributed by atoms with E-state index in [1.807, 2.05) is 0 Å². The van der Waals surface area contributed by atoms with Crippen molar-refractivity contribution < 1.29 is 38.0 Å². The molecule has 3 amide bonds. The standard InChI is InChI=1S/C21H26N3O8P/c1-12(15-6-9-19(31-3)17(11-15)20(22)26)23-21(27)18(24-13(2)25)10-14-4-7-16(8-5-14)32-33(28,29)30/h4-9,11-12,18H,10H2,1-3H3,(H2,22,26)(H,23,27)(H,24,25)(H2,28,29,30). The van der Waals surface area contributed by atoms with Gasteiger partial charge in [-0.15, -0.1) is 0 Å². The van der Waals surface area contributed by atoms with Gasteiger partial charge >= 0.3 is 7.82 Å². The minimum absolute atomic E-state index is 0.0361. The average molecular weight is 479 g/mol. The second-order valence-electron chi connectivity index (χ2n) is 7.24. The van der Waals surface area contributed by atoms with Crippen molar-refractivity contribution in [2.45, 2.75) is 32.4 Å². The van der Waals surface area contributed by atoms with E-state index >= 15 is 0 Å². The number of methoxy groups -OCH3 is 1. The van der Waals surface area contributed by atoms with Crippen LogP contribution in [0, 0.1) is 0 Å². The molecule has 178 valence electrons. The maximum atomic E-state index is 12.9. The van der Waals surface area contributed by atoms with Crippen LogP contribution in [0.25, 0.3) is 0 Å². The van der Waals surface area contributed by atoms with Gasteiger partial charge in [-0.2, -0.15) is 0 Å². The van der Waals surface area contributed by atoms with Gasteiger partial charge in [0.05, 0.1) is 18.7 Å². The molecule has 12 heteroatoms. The Hall–Kier alpha value is -3.40. The summed E-state index contributed by atoms with van der Waals surface area (Å²) in [6.45, 7) is 2.99. The number of phosphoric ester groups is 1. The van der Waals surface area contributed by atoms with Gasteiger partial charge in [0.25, 0.3) is 5.91 Å². The Bertz CT molecular complexity index is 1070. The summed E-state index contributed by atoms with van der Waals surface area (Å²) in [4.78, 5) is 53.9. The summed E-state index contributed by atoms with van der Waals surface area (Å²) >= 11 is 0. The zero-order chi connectivity index (χ0) is 24.8. The maximum absolute atomic E-state index is 12.9. The van der Waals surface area contributed by atoms with E-state index in [0.717, 1.165) is 0 Å². The summed E-state index contributed by atoms with van der Waals surface area (Å²) in [7, 11) is -3.27. The highest BCUT2D eigenvalue weighted by molar-refractivity contribution is 7.46. The van der Waals surface area contributed by atoms with Crippen molar-refractivity contribution in [3.8, 4) is 11.5 Å². The molecule has 11 nitrogen and oxygen atoms in total. The second kappa shape index (κ2) is 11.0. The lowest BCUT2D eigenvalue weighted by Crippen LogP contribution is -2.48. The van der Waals surface area contributed by atoms with E-state index in [0.29, 0.717) is 16.9 Å². The predicted molar refractivity (Wildman–Crippen MR) is 118 cm³/mol. The summed E-state index contributed by atoms with van der Waals surface area (Å²) in [5.74, 6) is -1.28. The number of ether oxygens (including phenoxy) is 1. The number of benzene rings is 2. The molecule has 2 rings (SSSR count). The fraction of sp³-hybridized carbons (Fsp3) is 0.286. The summed E-state index contributed by atoms with van der Waals surface area (Å²) in [6, 6.07) is 9.10. The number of hydrogen-bond donors (Lipinski definition) is 5. The fourth-order valence-corrected chi connectivity index (χ4v) is 3.50. The highest BCUT2D eigenvalue weighted by atomic mass is 31.2. The van der Waals surface area contributed by atoms with Gasteiger partial charge in [-0.05, 0) is 42.3 Å². The molecule has 0 saturated carbocycles. The van der Waals surface area contributed by atoms with E-state index in [1.54, 1.807) is 19.1 Å². The van der Waals surface area contributed by atoms with E-state index in [4.69, 9.17) is 20.3 Å². The van der Waals surface area contributed by atoms with Gasteiger partial charge in [-0.1, -0.05) is 18.2 Å². The monoisotopic (exact) mass is 479 g/mol. The van der Waals surface area contributed by atoms with Crippen LogP contribution in [0.1, 0.15) is 41.4 Å². The summed E-state index contributed by atoms with van der Waals surface area (Å²) in [5.41, 5.74) is 6.79. The zero-order valence-electron chi connectivity index (χ0n) is 18.3. The molecule has 0 bridgehead atoms. The Morgan fingerprint density at radius 1 is 1.09 bits per heavy atom. The van der Waals surface area contributed by atoms with Crippen LogP contribution < -0.4 is 25.6 Å². The topological polar surface area (TPSA) is 177 Å². The van der Waals surface area contributed by atoms with E-state index in [1.165, 1.54) is 44.4 Å². The van der Waals surface area contributed by atoms with Crippen molar-refractivity contribution in [2.75, 3.05) is 7.11 Å². The number of rotatable bonds is 10. The molecule has 0 radical (unpaired) electrons. The third-order valence-corrected chi connectivity index (χ3v) is 5.08. The van der Waals surface area contributed by atoms with Gasteiger partial charge in [-0.3, -0.25) is 24.2 Å². The zero-order valence-corrected chi connectivity index (χ0v) is 19.2. The van der Waals surface area contributed by atoms with Crippen LogP contribution in [0.2, 0.25) is 0 Å². The highest BCUT2D eigenvalue weighted by Crippen LogP contribution is 2.37. The van der Waals surface area contributed by atoms with Gasteiger partial charge in [0.2, 0.25) is 11.8 Å². The number of hydrogen-bond acceptors (Lipinski definition) is 6. The maximum Gasteiger partial charge on any atom is 0.524 e. The smallest absolute Gasteiger partial charge is 0.496 e. The summed E-state index contributed by atoms with van der Waals surface area (Å²) in [5, 5.41) is 5.38. The molecule has 0 fully saturated rings. The van der Waals surface area contributed by atoms with Gasteiger partial charge in [0.15, 0.2) is 0 Å². The molecule has 33 heavy (non-hydrogen) atoms. The van der Waals surface area contributed by atoms with Gasteiger partial charge < -0.3 is 25.6 Å². The number of primary amides is 1. The van der Waals surface area contributed by atoms with E-state index in [-0.39, 0.29) is 17.7 Å². The van der Waals surface area contributed by atoms with E-state index in [9.17, 15) is 18.9 Å². The number of carbonyl (C=O) groups excluding carboxylic acids is 3. The Labute approximate surface area is 190 Å². The van der Waals surface area contributed by atoms with Gasteiger partial charge in [0.1, 0.15) is 17.5 Å². The van der Waals surface area contributed by atoms with Crippen LogP contribution in [-0.4, -0.2) is 40.7 Å². The van der Waals surface area contributed by atoms with Crippen LogP contribution in [0.4, 0.5) is 0 Å². The number of nitrogens with two attached hydrogens (primary N) is 1. The molecule has 0 spiro atoms. The molecular formula is C21H26N3O8P. The average Bonchev–Trinajstić information content (AvgIpc) is 2.72. The Morgan fingerprint density at radius 3 is 2.24 bits per heavy atom. The van der Waals surface area contributed by atoms with Crippen LogP contribution in [0.3, 0.4) is 0 Å². The van der Waals surface area contributed by atoms with Crippen molar-refractivity contribution >= 4 is 25.5 Å². The van der Waals surface area contributed by atoms with Crippen molar-refractivity contribution in [3.63, 3.8) is 0 Å². The van der Waals surface area contributed by atoms with Crippen molar-refractivity contribution in [1.29, 1.82) is 0 Å². The minimum Gasteiger partial charge on any atom is -0.496 e. The molecule has 0 aliphatic rings. The fourth-order valence-electron chi connectivity index (χ4n) is 3.10. The van der Waals surface area contributed by atoms with Crippen LogP contribution in [0.15, 0.2) is 42.5 Å². The summed E-state index contributed by atoms with van der Waals surface area (Å²) < 4.78 is 20.5. The van der Waals surface area contributed by atoms with E-state index < -0.39 is 37.6 Å². The van der Waals surface area contributed by atoms with E-state index in [2.05, 4.69) is 15.2 Å². The molecule has 2 aromatic carbocycles. The number of phosphoric acid groups is 1. The number of nitrogens with one attached hydrogen (secondary N) is 2. The minimum atomic E-state index is -4.68. The van der Waals surface area contributed by atoms with Crippen molar-refractivity contribution in [1.82, 2.24) is 10.6 Å². The van der Waals surface area contributed by atoms with Gasteiger partial charge in [0, 0.05) is 13.3 Å². The Kier molecular flexibility index (Phi) is 8.58. The van der Waals surface area contributed by atoms with Crippen LogP contribution in [0.5, 0.6) is 11.5 Å². The largest absolute Gasteiger partial charge is 0.524 e. The third-order valence-electron chi connectivity index (χ3n) is 4.63. The third kappa shape index (κ3) is 7.90. The van der Waals surface area contributed by atoms with Crippen LogP contribution in [-0.2, 0) is 20.6 Å². The Morgan fingerprint density at radius 2 is 1.73 bits per heavy atom. The molecule has 0 aromatic heterocycles. The molecule has 0 aliphatic carbocycles. The Balaban J connectivity index is 2.15. The number of amides is 3. The lowest BCUT2D eigenvalue weighted by atomic mass is 10.0. The first-order valence-electron chi connectivity index (χ1n) is 9.79. The molecule has 2 unspecified atom stereocenters. The normalized spacial score (nSPS) is 12.9. The molecular weight excluding hydrogens is 453 g/mol. The molecule has 0 saturated heterocycles. The number of carbonyl (C=O) groups is 3. The predicted octanol–water partition coefficient (Wildman–Crippen LogP) is 1.19. The quantitative estimate of drug-likeness (QED) is 0.316. The molecule has 2 atom stereocenters. The molecule has 6 N–H and O–H groups in total. The highest BCUT2D eigenvalue weighted by Gasteiger charge is 2.23. The first-order chi connectivity index (χ1) is 15.4. The second-order valence-corrected chi connectivity index (χ2v) is 8.40. The van der Waals surface area contributed by atoms with Crippen molar-refractivity contribution in [3.05, 3.63) is 59.2 Å². The molecule has 0 aliphatic heterocycles. The van der Waals surface area contributed by atoms with Crippen LogP contribution >= 0.6 is 7.82 Å². The lowest BCUT2D eigenvalue weighted by molar-refractivity contribution is -0.128. The first kappa shape index (κ1) is 25.9. The van der Waals surface area contributed by atoms with Crippen molar-refractivity contribution in [2.24, 2.45) is 5.73 Å². The lowest BCUT2D eigenvalue weighted by Gasteiger charge is -2.22. The molecule has 2 aromatic rings. The SMILES string of the molecule is COc1ccc(C(C)NC(=O)C(Cc2ccc(OP(=O)(O)O)cc2)NC(C)=O)cc1C(N)=O.